The van der Waals surface area contributed by atoms with Gasteiger partial charge in [-0.2, -0.15) is 4.31 Å². The van der Waals surface area contributed by atoms with E-state index in [1.807, 2.05) is 60.7 Å². The summed E-state index contributed by atoms with van der Waals surface area (Å²) in [5.41, 5.74) is 3.16. The van der Waals surface area contributed by atoms with Gasteiger partial charge in [0.25, 0.3) is 0 Å². The van der Waals surface area contributed by atoms with E-state index in [1.165, 1.54) is 4.31 Å². The van der Waals surface area contributed by atoms with E-state index in [0.29, 0.717) is 41.6 Å². The van der Waals surface area contributed by atoms with Gasteiger partial charge in [-0.05, 0) is 77.9 Å². The maximum Gasteiger partial charge on any atom is 0.247 e. The molecule has 244 valence electrons. The Morgan fingerprint density at radius 1 is 0.830 bits per heavy atom. The minimum atomic E-state index is -3.53. The van der Waals surface area contributed by atoms with Gasteiger partial charge in [-0.3, -0.25) is 9.59 Å². The van der Waals surface area contributed by atoms with Crippen LogP contribution in [-0.4, -0.2) is 49.3 Å². The van der Waals surface area contributed by atoms with Gasteiger partial charge in [0.2, 0.25) is 28.6 Å². The molecule has 1 N–H and O–H groups in total. The minimum Gasteiger partial charge on any atom is -0.454 e. The van der Waals surface area contributed by atoms with Gasteiger partial charge < -0.3 is 19.7 Å². The third-order valence-corrected chi connectivity index (χ3v) is 10.6. The maximum absolute atomic E-state index is 14.1. The van der Waals surface area contributed by atoms with Gasteiger partial charge >= 0.3 is 0 Å². The SMILES string of the molecule is O=C(NCc1ccc2c(c1)OCO2)[C@H](c1ccccc1)N(Cc1ccc(Cl)cc1)C(=O)CCc1ccc(S(=O)(=O)N2CCCC2)cc1. The maximum atomic E-state index is 14.1. The molecule has 2 amide bonds. The van der Waals surface area contributed by atoms with Crippen LogP contribution >= 0.6 is 11.6 Å². The quantitative estimate of drug-likeness (QED) is 0.202. The predicted molar refractivity (Wildman–Crippen MR) is 178 cm³/mol. The van der Waals surface area contributed by atoms with E-state index < -0.39 is 16.1 Å². The number of halogens is 1. The first-order valence-corrected chi connectivity index (χ1v) is 17.4. The van der Waals surface area contributed by atoms with E-state index in [-0.39, 0.29) is 43.0 Å². The number of benzene rings is 4. The molecule has 1 fully saturated rings. The van der Waals surface area contributed by atoms with Crippen molar-refractivity contribution in [3.8, 4) is 11.5 Å². The Hall–Kier alpha value is -4.38. The minimum absolute atomic E-state index is 0.116. The molecule has 0 saturated carbocycles. The molecule has 1 atom stereocenters. The summed E-state index contributed by atoms with van der Waals surface area (Å²) in [6.45, 7) is 1.64. The summed E-state index contributed by atoms with van der Waals surface area (Å²) >= 11 is 6.15. The molecular formula is C36H36ClN3O6S. The molecule has 6 rings (SSSR count). The zero-order valence-electron chi connectivity index (χ0n) is 25.8. The van der Waals surface area contributed by atoms with Crippen LogP contribution in [0.25, 0.3) is 0 Å². The molecule has 0 bridgehead atoms. The summed E-state index contributed by atoms with van der Waals surface area (Å²) in [5.74, 6) is 0.732. The Morgan fingerprint density at radius 3 is 2.21 bits per heavy atom. The number of nitrogens with zero attached hydrogens (tertiary/aromatic N) is 2. The summed E-state index contributed by atoms with van der Waals surface area (Å²) in [7, 11) is -3.53. The summed E-state index contributed by atoms with van der Waals surface area (Å²) in [4.78, 5) is 30.0. The Bertz CT molecular complexity index is 1810. The molecule has 0 radical (unpaired) electrons. The first-order chi connectivity index (χ1) is 22.8. The lowest BCUT2D eigenvalue weighted by Crippen LogP contribution is -2.43. The number of ether oxygens (including phenoxy) is 2. The number of carbonyl (C=O) groups is 2. The number of fused-ring (bicyclic) bond motifs is 1. The largest absolute Gasteiger partial charge is 0.454 e. The molecule has 0 unspecified atom stereocenters. The normalized spacial score (nSPS) is 14.9. The van der Waals surface area contributed by atoms with Crippen LogP contribution in [-0.2, 0) is 39.1 Å². The number of hydrogen-bond donors (Lipinski definition) is 1. The van der Waals surface area contributed by atoms with Gasteiger partial charge in [0.1, 0.15) is 6.04 Å². The van der Waals surface area contributed by atoms with Crippen molar-refractivity contribution in [3.63, 3.8) is 0 Å². The monoisotopic (exact) mass is 673 g/mol. The first kappa shape index (κ1) is 32.6. The van der Waals surface area contributed by atoms with Crippen molar-refractivity contribution in [2.45, 2.75) is 49.7 Å². The van der Waals surface area contributed by atoms with Crippen LogP contribution in [0.1, 0.15) is 47.6 Å². The summed E-state index contributed by atoms with van der Waals surface area (Å²) in [5, 5.41) is 3.60. The van der Waals surface area contributed by atoms with Gasteiger partial charge in [0.15, 0.2) is 11.5 Å². The van der Waals surface area contributed by atoms with E-state index in [2.05, 4.69) is 5.32 Å². The molecule has 47 heavy (non-hydrogen) atoms. The smallest absolute Gasteiger partial charge is 0.247 e. The predicted octanol–water partition coefficient (Wildman–Crippen LogP) is 5.87. The van der Waals surface area contributed by atoms with E-state index in [1.54, 1.807) is 41.3 Å². The second-order valence-corrected chi connectivity index (χ2v) is 14.0. The van der Waals surface area contributed by atoms with Crippen molar-refractivity contribution in [1.29, 1.82) is 0 Å². The van der Waals surface area contributed by atoms with Crippen molar-refractivity contribution in [2.75, 3.05) is 19.9 Å². The molecule has 1 saturated heterocycles. The standard InChI is InChI=1S/C36H36ClN3O6S/c37-30-14-8-27(9-15-30)24-40(34(41)19-13-26-10-16-31(17-11-26)47(43,44)39-20-4-5-21-39)35(29-6-2-1-3-7-29)36(42)38-23-28-12-18-32-33(22-28)46-25-45-32/h1-3,6-12,14-18,22,35H,4-5,13,19-21,23-25H2,(H,38,42)/t35-/m0/s1. The van der Waals surface area contributed by atoms with Crippen LogP contribution < -0.4 is 14.8 Å². The highest BCUT2D eigenvalue weighted by Crippen LogP contribution is 2.33. The third-order valence-electron chi connectivity index (χ3n) is 8.42. The molecule has 0 spiro atoms. The fraction of sp³-hybridized carbons (Fsp3) is 0.278. The average Bonchev–Trinajstić information content (AvgIpc) is 3.81. The highest BCUT2D eigenvalue weighted by atomic mass is 35.5. The summed E-state index contributed by atoms with van der Waals surface area (Å²) in [6, 6.07) is 27.7. The molecule has 11 heteroatoms. The molecule has 2 aliphatic heterocycles. The number of aryl methyl sites for hydroxylation is 1. The van der Waals surface area contributed by atoms with Crippen molar-refractivity contribution in [1.82, 2.24) is 14.5 Å². The Kier molecular flexibility index (Phi) is 10.1. The first-order valence-electron chi connectivity index (χ1n) is 15.6. The number of hydrogen-bond acceptors (Lipinski definition) is 6. The molecular weight excluding hydrogens is 638 g/mol. The van der Waals surface area contributed by atoms with E-state index in [9.17, 15) is 18.0 Å². The van der Waals surface area contributed by atoms with Crippen LogP contribution in [0.4, 0.5) is 0 Å². The summed E-state index contributed by atoms with van der Waals surface area (Å²) in [6.07, 6.45) is 2.23. The second kappa shape index (κ2) is 14.6. The Balaban J connectivity index is 1.22. The van der Waals surface area contributed by atoms with Gasteiger partial charge in [-0.15, -0.1) is 0 Å². The molecule has 2 aliphatic rings. The van der Waals surface area contributed by atoms with Crippen LogP contribution in [0, 0.1) is 0 Å². The lowest BCUT2D eigenvalue weighted by atomic mass is 10.0. The zero-order valence-corrected chi connectivity index (χ0v) is 27.4. The van der Waals surface area contributed by atoms with Crippen LogP contribution in [0.3, 0.4) is 0 Å². The number of amides is 2. The van der Waals surface area contributed by atoms with E-state index in [0.717, 1.165) is 29.5 Å². The molecule has 4 aromatic carbocycles. The van der Waals surface area contributed by atoms with Gasteiger partial charge in [0.05, 0.1) is 4.90 Å². The van der Waals surface area contributed by atoms with Crippen molar-refractivity contribution in [2.24, 2.45) is 0 Å². The Labute approximate surface area is 280 Å². The number of rotatable bonds is 12. The third kappa shape index (κ3) is 7.78. The van der Waals surface area contributed by atoms with E-state index >= 15 is 0 Å². The molecule has 0 aromatic heterocycles. The highest BCUT2D eigenvalue weighted by molar-refractivity contribution is 7.89. The zero-order chi connectivity index (χ0) is 32.8. The van der Waals surface area contributed by atoms with Gasteiger partial charge in [-0.25, -0.2) is 8.42 Å². The fourth-order valence-electron chi connectivity index (χ4n) is 5.86. The number of sulfonamides is 1. The van der Waals surface area contributed by atoms with Crippen LogP contribution in [0.5, 0.6) is 11.5 Å². The average molecular weight is 674 g/mol. The molecule has 2 heterocycles. The number of nitrogens with one attached hydrogen (secondary N) is 1. The van der Waals surface area contributed by atoms with Crippen LogP contribution in [0.15, 0.2) is 102 Å². The van der Waals surface area contributed by atoms with Gasteiger partial charge in [0, 0.05) is 37.6 Å². The highest BCUT2D eigenvalue weighted by Gasteiger charge is 2.32. The van der Waals surface area contributed by atoms with Gasteiger partial charge in [-0.1, -0.05) is 72.3 Å². The second-order valence-electron chi connectivity index (χ2n) is 11.6. The van der Waals surface area contributed by atoms with E-state index in [4.69, 9.17) is 21.1 Å². The topological polar surface area (TPSA) is 105 Å². The lowest BCUT2D eigenvalue weighted by molar-refractivity contribution is -0.141. The molecule has 0 aliphatic carbocycles. The molecule has 9 nitrogen and oxygen atoms in total. The summed E-state index contributed by atoms with van der Waals surface area (Å²) < 4.78 is 38.3. The fourth-order valence-corrected chi connectivity index (χ4v) is 7.50. The van der Waals surface area contributed by atoms with Crippen molar-refractivity contribution in [3.05, 3.63) is 124 Å². The number of carbonyl (C=O) groups excluding carboxylic acids is 2. The molecule has 4 aromatic rings. The van der Waals surface area contributed by atoms with Crippen molar-refractivity contribution < 1.29 is 27.5 Å². The van der Waals surface area contributed by atoms with Crippen LogP contribution in [0.2, 0.25) is 5.02 Å². The lowest BCUT2D eigenvalue weighted by Gasteiger charge is -2.32. The van der Waals surface area contributed by atoms with Crippen molar-refractivity contribution >= 4 is 33.4 Å². The Morgan fingerprint density at radius 2 is 1.49 bits per heavy atom.